The molecule has 0 unspecified atom stereocenters. The monoisotopic (exact) mass is 774 g/mol. The average Bonchev–Trinajstić information content (AvgIpc) is 3.72. The Morgan fingerprint density at radius 3 is 1.08 bits per heavy atom. The van der Waals surface area contributed by atoms with Crippen molar-refractivity contribution >= 4 is 82.4 Å². The number of unbranched alkanes of at least 4 members (excludes halogenated alkanes) is 18. The lowest BCUT2D eigenvalue weighted by molar-refractivity contribution is -0.119. The molecule has 0 aromatic heterocycles. The zero-order valence-electron chi connectivity index (χ0n) is 30.7. The maximum atomic E-state index is 13.1. The molecule has 2 heterocycles. The third-order valence-electron chi connectivity index (χ3n) is 8.25. The zero-order chi connectivity index (χ0) is 34.7. The minimum atomic E-state index is -0.126. The molecule has 0 saturated heterocycles. The van der Waals surface area contributed by atoms with Gasteiger partial charge in [-0.05, 0) is 37.2 Å². The van der Waals surface area contributed by atoms with Crippen LogP contribution in [0, 0.1) is 0 Å². The van der Waals surface area contributed by atoms with Crippen LogP contribution >= 0.6 is 70.6 Å². The van der Waals surface area contributed by atoms with Crippen LogP contribution in [0.25, 0.3) is 0 Å². The Bertz CT molecular complexity index is 939. The first-order valence-electron chi connectivity index (χ1n) is 19.3. The van der Waals surface area contributed by atoms with E-state index in [2.05, 4.69) is 38.3 Å². The van der Waals surface area contributed by atoms with Crippen molar-refractivity contribution in [3.63, 3.8) is 0 Å². The summed E-state index contributed by atoms with van der Waals surface area (Å²) in [6, 6.07) is 0. The largest absolute Gasteiger partial charge is 0.352 e. The Morgan fingerprint density at radius 1 is 0.438 bits per heavy atom. The Labute approximate surface area is 320 Å². The van der Waals surface area contributed by atoms with Gasteiger partial charge in [0.2, 0.25) is 0 Å². The lowest BCUT2D eigenvalue weighted by Gasteiger charge is -2.06. The fraction of sp³-hybridized carbons (Fsp3) is 0.789. The van der Waals surface area contributed by atoms with Crippen LogP contribution in [0.15, 0.2) is 26.8 Å². The molecule has 48 heavy (non-hydrogen) atoms. The van der Waals surface area contributed by atoms with E-state index in [1.165, 1.54) is 165 Å². The van der Waals surface area contributed by atoms with Crippen molar-refractivity contribution in [2.24, 2.45) is 0 Å². The summed E-state index contributed by atoms with van der Waals surface area (Å²) in [6.45, 7) is 9.91. The van der Waals surface area contributed by atoms with Crippen molar-refractivity contribution in [1.82, 2.24) is 10.6 Å². The van der Waals surface area contributed by atoms with Crippen molar-refractivity contribution in [1.29, 1.82) is 0 Å². The van der Waals surface area contributed by atoms with Crippen LogP contribution in [0.1, 0.15) is 169 Å². The van der Waals surface area contributed by atoms with Gasteiger partial charge in [-0.2, -0.15) is 0 Å². The van der Waals surface area contributed by atoms with Crippen molar-refractivity contribution in [2.45, 2.75) is 169 Å². The summed E-state index contributed by atoms with van der Waals surface area (Å²) in [7, 11) is 0. The molecule has 2 aliphatic rings. The smallest absolute Gasteiger partial charge is 0.259 e. The van der Waals surface area contributed by atoms with Gasteiger partial charge in [-0.3, -0.25) is 9.59 Å². The first-order chi connectivity index (χ1) is 23.5. The summed E-state index contributed by atoms with van der Waals surface area (Å²) >= 11 is 10.8. The number of carbonyl (C=O) groups excluding carboxylic acids is 2. The molecule has 0 aromatic rings. The van der Waals surface area contributed by atoms with E-state index in [0.29, 0.717) is 22.9 Å². The first kappa shape index (κ1) is 44.4. The van der Waals surface area contributed by atoms with Crippen LogP contribution in [-0.4, -0.2) is 36.4 Å². The molecule has 0 aliphatic carbocycles. The van der Waals surface area contributed by atoms with E-state index < -0.39 is 0 Å². The molecule has 0 saturated carbocycles. The van der Waals surface area contributed by atoms with Gasteiger partial charge in [-0.15, -0.1) is 23.5 Å². The molecule has 0 atom stereocenters. The molecule has 2 amide bonds. The molecule has 2 N–H and O–H groups in total. The molecule has 4 nitrogen and oxygen atoms in total. The number of amides is 2. The van der Waals surface area contributed by atoms with Gasteiger partial charge in [0.25, 0.3) is 11.8 Å². The van der Waals surface area contributed by atoms with E-state index in [1.807, 2.05) is 47.0 Å². The fourth-order valence-corrected chi connectivity index (χ4v) is 14.2. The van der Waals surface area contributed by atoms with E-state index >= 15 is 0 Å². The second-order valence-corrected chi connectivity index (χ2v) is 20.1. The van der Waals surface area contributed by atoms with E-state index in [0.717, 1.165) is 28.6 Å². The quantitative estimate of drug-likeness (QED) is 0.0700. The van der Waals surface area contributed by atoms with E-state index in [1.54, 1.807) is 0 Å². The number of hydrogen-bond acceptors (Lipinski definition) is 8. The SMILES string of the molecule is CCCCCCCCCCCCSC1=C(SCCCCCCCCCCCC)SC(=C2SC(C(=O)NCCC)=C(C(=O)NCCC)S2)S1. The third-order valence-corrected chi connectivity index (χ3v) is 17.1. The highest BCUT2D eigenvalue weighted by Gasteiger charge is 2.35. The maximum absolute atomic E-state index is 13.1. The van der Waals surface area contributed by atoms with E-state index in [9.17, 15) is 9.59 Å². The number of rotatable bonds is 30. The van der Waals surface area contributed by atoms with E-state index in [-0.39, 0.29) is 11.8 Å². The van der Waals surface area contributed by atoms with Gasteiger partial charge >= 0.3 is 0 Å². The minimum Gasteiger partial charge on any atom is -0.352 e. The summed E-state index contributed by atoms with van der Waals surface area (Å²) in [5.74, 6) is 2.08. The predicted molar refractivity (Wildman–Crippen MR) is 227 cm³/mol. The topological polar surface area (TPSA) is 58.2 Å². The molecular formula is C38H66N2O2S6. The zero-order valence-corrected chi connectivity index (χ0v) is 35.5. The highest BCUT2D eigenvalue weighted by molar-refractivity contribution is 8.42. The number of hydrogen-bond donors (Lipinski definition) is 2. The van der Waals surface area contributed by atoms with Crippen LogP contribution in [0.5, 0.6) is 0 Å². The van der Waals surface area contributed by atoms with Crippen LogP contribution in [-0.2, 0) is 9.59 Å². The molecule has 2 aliphatic heterocycles. The second kappa shape index (κ2) is 29.8. The normalized spacial score (nSPS) is 14.9. The van der Waals surface area contributed by atoms with Crippen LogP contribution < -0.4 is 10.6 Å². The Hall–Kier alpha value is 0.260. The first-order valence-corrected chi connectivity index (χ1v) is 24.5. The van der Waals surface area contributed by atoms with Crippen molar-refractivity contribution < 1.29 is 9.59 Å². The van der Waals surface area contributed by atoms with Crippen LogP contribution in [0.2, 0.25) is 0 Å². The van der Waals surface area contributed by atoms with Gasteiger partial charge < -0.3 is 10.6 Å². The molecule has 0 fully saturated rings. The van der Waals surface area contributed by atoms with Gasteiger partial charge in [0.15, 0.2) is 0 Å². The van der Waals surface area contributed by atoms with Crippen molar-refractivity contribution in [3.8, 4) is 0 Å². The van der Waals surface area contributed by atoms with Gasteiger partial charge in [0.05, 0.1) is 26.8 Å². The summed E-state index contributed by atoms with van der Waals surface area (Å²) < 4.78 is 5.18. The van der Waals surface area contributed by atoms with E-state index in [4.69, 9.17) is 0 Å². The van der Waals surface area contributed by atoms with Crippen LogP contribution in [0.3, 0.4) is 0 Å². The maximum Gasteiger partial charge on any atom is 0.259 e. The fourth-order valence-electron chi connectivity index (χ4n) is 5.36. The standard InChI is InChI=1S/C38H66N2O2S6/c1-5-9-11-13-15-17-19-21-23-25-29-43-35-36(44-30-26-24-22-20-18-16-14-12-10-6-2)48-38(47-35)37-45-31(33(41)39-27-7-3)32(46-37)34(42)40-28-8-4/h5-30H2,1-4H3,(H,39,41)(H,40,42). The minimum absolute atomic E-state index is 0.126. The average molecular weight is 775 g/mol. The lowest BCUT2D eigenvalue weighted by atomic mass is 10.1. The number of nitrogens with one attached hydrogen (secondary N) is 2. The summed E-state index contributed by atoms with van der Waals surface area (Å²) in [5, 5.41) is 6.01. The molecule has 0 spiro atoms. The molecule has 0 bridgehead atoms. The van der Waals surface area contributed by atoms with Crippen molar-refractivity contribution in [3.05, 3.63) is 26.8 Å². The number of thioether (sulfide) groups is 6. The third kappa shape index (κ3) is 19.2. The van der Waals surface area contributed by atoms with Gasteiger partial charge in [0.1, 0.15) is 0 Å². The summed E-state index contributed by atoms with van der Waals surface area (Å²) in [6.07, 6.45) is 29.1. The van der Waals surface area contributed by atoms with Gasteiger partial charge in [-0.1, -0.05) is 190 Å². The molecular weight excluding hydrogens is 709 g/mol. The highest BCUT2D eigenvalue weighted by atomic mass is 32.3. The molecule has 276 valence electrons. The van der Waals surface area contributed by atoms with Crippen LogP contribution in [0.4, 0.5) is 0 Å². The Morgan fingerprint density at radius 2 is 0.750 bits per heavy atom. The summed E-state index contributed by atoms with van der Waals surface area (Å²) in [4.78, 5) is 27.3. The summed E-state index contributed by atoms with van der Waals surface area (Å²) in [5.41, 5.74) is 0. The molecule has 2 rings (SSSR count). The Balaban J connectivity index is 1.93. The molecule has 0 radical (unpaired) electrons. The van der Waals surface area contributed by atoms with Gasteiger partial charge in [-0.25, -0.2) is 0 Å². The Kier molecular flexibility index (Phi) is 27.6. The number of carbonyl (C=O) groups is 2. The lowest BCUT2D eigenvalue weighted by Crippen LogP contribution is -2.29. The predicted octanol–water partition coefficient (Wildman–Crippen LogP) is 13.8. The van der Waals surface area contributed by atoms with Crippen molar-refractivity contribution in [2.75, 3.05) is 24.6 Å². The second-order valence-electron chi connectivity index (χ2n) is 12.8. The van der Waals surface area contributed by atoms with Gasteiger partial charge in [0, 0.05) is 13.1 Å². The molecule has 10 heteroatoms. The molecule has 0 aromatic carbocycles. The highest BCUT2D eigenvalue weighted by Crippen LogP contribution is 2.63.